The van der Waals surface area contributed by atoms with E-state index in [0.29, 0.717) is 10.8 Å². The van der Waals surface area contributed by atoms with Crippen LogP contribution in [-0.2, 0) is 0 Å². The van der Waals surface area contributed by atoms with Crippen molar-refractivity contribution in [3.05, 3.63) is 28.8 Å². The molecule has 1 aromatic carbocycles. The second kappa shape index (κ2) is 4.42. The lowest BCUT2D eigenvalue weighted by molar-refractivity contribution is 0.0604. The molecule has 0 aliphatic heterocycles. The van der Waals surface area contributed by atoms with Gasteiger partial charge < -0.3 is 9.84 Å². The summed E-state index contributed by atoms with van der Waals surface area (Å²) in [6.07, 6.45) is 2.32. The van der Waals surface area contributed by atoms with E-state index in [0.717, 1.165) is 24.8 Å². The van der Waals surface area contributed by atoms with E-state index in [1.54, 1.807) is 0 Å². The second-order valence-electron chi connectivity index (χ2n) is 4.09. The van der Waals surface area contributed by atoms with Crippen LogP contribution in [0.4, 0.5) is 0 Å². The van der Waals surface area contributed by atoms with E-state index in [-0.39, 0.29) is 12.2 Å². The normalized spacial score (nSPS) is 25.5. The summed E-state index contributed by atoms with van der Waals surface area (Å²) in [7, 11) is 0. The van der Waals surface area contributed by atoms with Crippen LogP contribution in [0.15, 0.2) is 18.2 Å². The Morgan fingerprint density at radius 3 is 2.80 bits per heavy atom. The molecule has 1 aromatic rings. The average Bonchev–Trinajstić information content (AvgIpc) is 2.57. The Kier molecular flexibility index (Phi) is 3.17. The van der Waals surface area contributed by atoms with Gasteiger partial charge in [-0.2, -0.15) is 0 Å². The zero-order valence-electron chi connectivity index (χ0n) is 8.74. The number of rotatable bonds is 2. The molecule has 0 heterocycles. The third kappa shape index (κ3) is 2.44. The fourth-order valence-corrected chi connectivity index (χ4v) is 2.19. The highest BCUT2D eigenvalue weighted by Crippen LogP contribution is 2.30. The van der Waals surface area contributed by atoms with Crippen molar-refractivity contribution in [3.8, 4) is 5.75 Å². The van der Waals surface area contributed by atoms with Crippen LogP contribution >= 0.6 is 11.6 Å². The molecule has 1 saturated carbocycles. The fourth-order valence-electron chi connectivity index (χ4n) is 1.91. The van der Waals surface area contributed by atoms with Gasteiger partial charge in [-0.25, -0.2) is 0 Å². The quantitative estimate of drug-likeness (QED) is 0.840. The molecule has 2 atom stereocenters. The lowest BCUT2D eigenvalue weighted by Gasteiger charge is -2.18. The van der Waals surface area contributed by atoms with Crippen molar-refractivity contribution in [2.75, 3.05) is 0 Å². The van der Waals surface area contributed by atoms with Crippen molar-refractivity contribution in [2.45, 2.75) is 38.4 Å². The molecule has 1 fully saturated rings. The van der Waals surface area contributed by atoms with E-state index in [4.69, 9.17) is 16.3 Å². The van der Waals surface area contributed by atoms with E-state index in [1.807, 2.05) is 25.1 Å². The Labute approximate surface area is 94.8 Å². The minimum atomic E-state index is -0.345. The van der Waals surface area contributed by atoms with Crippen LogP contribution in [0.2, 0.25) is 5.02 Å². The number of ether oxygens (including phenoxy) is 1. The predicted molar refractivity (Wildman–Crippen MR) is 60.5 cm³/mol. The van der Waals surface area contributed by atoms with E-state index in [9.17, 15) is 5.11 Å². The number of aryl methyl sites for hydroxylation is 1. The van der Waals surface area contributed by atoms with Crippen LogP contribution in [0.3, 0.4) is 0 Å². The monoisotopic (exact) mass is 226 g/mol. The van der Waals surface area contributed by atoms with Crippen LogP contribution in [0.5, 0.6) is 5.75 Å². The Hall–Kier alpha value is -0.730. The summed E-state index contributed by atoms with van der Waals surface area (Å²) in [6.45, 7) is 1.99. The molecule has 0 bridgehead atoms. The maximum atomic E-state index is 9.63. The van der Waals surface area contributed by atoms with Gasteiger partial charge in [0.1, 0.15) is 11.9 Å². The van der Waals surface area contributed by atoms with Gasteiger partial charge in [0.2, 0.25) is 0 Å². The van der Waals surface area contributed by atoms with Crippen LogP contribution in [0, 0.1) is 6.92 Å². The maximum Gasteiger partial charge on any atom is 0.138 e. The zero-order chi connectivity index (χ0) is 10.8. The molecule has 1 aliphatic carbocycles. The first-order chi connectivity index (χ1) is 7.16. The number of benzene rings is 1. The van der Waals surface area contributed by atoms with Gasteiger partial charge in [-0.1, -0.05) is 17.7 Å². The van der Waals surface area contributed by atoms with Crippen LogP contribution in [0.25, 0.3) is 0 Å². The first-order valence-corrected chi connectivity index (χ1v) is 5.65. The van der Waals surface area contributed by atoms with E-state index >= 15 is 0 Å². The molecule has 0 saturated heterocycles. The summed E-state index contributed by atoms with van der Waals surface area (Å²) < 4.78 is 5.69. The summed E-state index contributed by atoms with van der Waals surface area (Å²) in [5.41, 5.74) is 1.11. The van der Waals surface area contributed by atoms with Gasteiger partial charge in [-0.3, -0.25) is 0 Å². The highest BCUT2D eigenvalue weighted by Gasteiger charge is 2.27. The number of halogens is 1. The maximum absolute atomic E-state index is 9.63. The van der Waals surface area contributed by atoms with Gasteiger partial charge in [0.05, 0.1) is 11.1 Å². The minimum Gasteiger partial charge on any atom is -0.486 e. The lowest BCUT2D eigenvalue weighted by atomic mass is 10.2. The van der Waals surface area contributed by atoms with Crippen molar-refractivity contribution in [1.29, 1.82) is 0 Å². The molecule has 0 radical (unpaired) electrons. The van der Waals surface area contributed by atoms with E-state index in [2.05, 4.69) is 0 Å². The van der Waals surface area contributed by atoms with Crippen LogP contribution < -0.4 is 4.74 Å². The molecule has 3 heteroatoms. The minimum absolute atomic E-state index is 0.0924. The van der Waals surface area contributed by atoms with Gasteiger partial charge in [0.25, 0.3) is 0 Å². The lowest BCUT2D eigenvalue weighted by Crippen LogP contribution is -2.25. The molecular formula is C12H15ClO2. The highest BCUT2D eigenvalue weighted by molar-refractivity contribution is 6.32. The van der Waals surface area contributed by atoms with Crippen molar-refractivity contribution in [3.63, 3.8) is 0 Å². The van der Waals surface area contributed by atoms with Crippen molar-refractivity contribution in [2.24, 2.45) is 0 Å². The molecule has 15 heavy (non-hydrogen) atoms. The number of hydrogen-bond donors (Lipinski definition) is 1. The number of hydrogen-bond acceptors (Lipinski definition) is 2. The molecule has 2 rings (SSSR count). The summed E-state index contributed by atoms with van der Waals surface area (Å²) >= 11 is 6.05. The molecule has 1 N–H and O–H groups in total. The number of aliphatic hydroxyl groups excluding tert-OH is 1. The predicted octanol–water partition coefficient (Wildman–Crippen LogP) is 2.94. The standard InChI is InChI=1S/C12H15ClO2/c1-8-5-6-11(9(13)7-8)15-12-4-2-3-10(12)14/h5-7,10,12,14H,2-4H2,1H3/t10-,12-/m1/s1. The first kappa shape index (κ1) is 10.8. The summed E-state index contributed by atoms with van der Waals surface area (Å²) in [4.78, 5) is 0. The molecule has 82 valence electrons. The third-order valence-electron chi connectivity index (χ3n) is 2.78. The molecule has 0 spiro atoms. The average molecular weight is 227 g/mol. The van der Waals surface area contributed by atoms with Gasteiger partial charge in [0, 0.05) is 0 Å². The molecular weight excluding hydrogens is 212 g/mol. The summed E-state index contributed by atoms with van der Waals surface area (Å²) in [5, 5.41) is 10.2. The molecule has 0 unspecified atom stereocenters. The van der Waals surface area contributed by atoms with Crippen molar-refractivity contribution < 1.29 is 9.84 Å². The van der Waals surface area contributed by atoms with Gasteiger partial charge in [0.15, 0.2) is 0 Å². The SMILES string of the molecule is Cc1ccc(O[C@@H]2CCC[C@H]2O)c(Cl)c1. The Bertz CT molecular complexity index is 351. The van der Waals surface area contributed by atoms with E-state index in [1.165, 1.54) is 0 Å². The van der Waals surface area contributed by atoms with E-state index < -0.39 is 0 Å². The molecule has 1 aliphatic rings. The first-order valence-electron chi connectivity index (χ1n) is 5.27. The Morgan fingerprint density at radius 1 is 1.40 bits per heavy atom. The highest BCUT2D eigenvalue weighted by atomic mass is 35.5. The Balaban J connectivity index is 2.10. The fraction of sp³-hybridized carbons (Fsp3) is 0.500. The van der Waals surface area contributed by atoms with Crippen molar-refractivity contribution in [1.82, 2.24) is 0 Å². The smallest absolute Gasteiger partial charge is 0.138 e. The third-order valence-corrected chi connectivity index (χ3v) is 3.08. The number of aliphatic hydroxyl groups is 1. The van der Waals surface area contributed by atoms with Crippen molar-refractivity contribution >= 4 is 11.6 Å². The van der Waals surface area contributed by atoms with Gasteiger partial charge >= 0.3 is 0 Å². The van der Waals surface area contributed by atoms with Crippen LogP contribution in [-0.4, -0.2) is 17.3 Å². The summed E-state index contributed by atoms with van der Waals surface area (Å²) in [5.74, 6) is 0.674. The summed E-state index contributed by atoms with van der Waals surface area (Å²) in [6, 6.07) is 5.70. The molecule has 0 amide bonds. The second-order valence-corrected chi connectivity index (χ2v) is 4.50. The van der Waals surface area contributed by atoms with Gasteiger partial charge in [-0.15, -0.1) is 0 Å². The van der Waals surface area contributed by atoms with Crippen LogP contribution in [0.1, 0.15) is 24.8 Å². The Morgan fingerprint density at radius 2 is 2.20 bits per heavy atom. The molecule has 0 aromatic heterocycles. The van der Waals surface area contributed by atoms with Gasteiger partial charge in [-0.05, 0) is 43.9 Å². The molecule has 2 nitrogen and oxygen atoms in total. The zero-order valence-corrected chi connectivity index (χ0v) is 9.50. The topological polar surface area (TPSA) is 29.5 Å². The largest absolute Gasteiger partial charge is 0.486 e.